The number of halogens is 1. The minimum Gasteiger partial charge on any atom is -0.338 e. The van der Waals surface area contributed by atoms with Crippen molar-refractivity contribution in [1.29, 1.82) is 0 Å². The van der Waals surface area contributed by atoms with Gasteiger partial charge in [0, 0.05) is 25.0 Å². The number of nitrogens with one attached hydrogen (secondary N) is 1. The van der Waals surface area contributed by atoms with Gasteiger partial charge in [0.2, 0.25) is 5.91 Å². The molecule has 1 aliphatic carbocycles. The highest BCUT2D eigenvalue weighted by Crippen LogP contribution is 2.33. The number of rotatable bonds is 4. The Labute approximate surface area is 123 Å². The molecule has 2 aliphatic rings. The van der Waals surface area contributed by atoms with Crippen molar-refractivity contribution in [3.63, 3.8) is 0 Å². The van der Waals surface area contributed by atoms with Gasteiger partial charge in [-0.15, -0.1) is 12.4 Å². The van der Waals surface area contributed by atoms with Gasteiger partial charge in [-0.3, -0.25) is 4.79 Å². The smallest absolute Gasteiger partial charge is 0.225 e. The normalized spacial score (nSPS) is 31.1. The van der Waals surface area contributed by atoms with Crippen LogP contribution in [-0.4, -0.2) is 37.0 Å². The number of likely N-dealkylation sites (tertiary alicyclic amines) is 1. The lowest BCUT2D eigenvalue weighted by atomic mass is 9.80. The second kappa shape index (κ2) is 8.11. The first kappa shape index (κ1) is 16.8. The van der Waals surface area contributed by atoms with Crippen LogP contribution in [-0.2, 0) is 4.79 Å². The molecule has 1 aliphatic heterocycles. The van der Waals surface area contributed by atoms with Crippen molar-refractivity contribution in [2.45, 2.75) is 57.9 Å². The third-order valence-corrected chi connectivity index (χ3v) is 4.87. The number of hydrogen-bond acceptors (Lipinski definition) is 2. The summed E-state index contributed by atoms with van der Waals surface area (Å²) >= 11 is 0. The molecule has 1 heterocycles. The molecular weight excluding hydrogens is 260 g/mol. The molecule has 19 heavy (non-hydrogen) atoms. The van der Waals surface area contributed by atoms with Crippen LogP contribution in [0.2, 0.25) is 0 Å². The lowest BCUT2D eigenvalue weighted by Crippen LogP contribution is -2.44. The minimum absolute atomic E-state index is 0. The monoisotopic (exact) mass is 288 g/mol. The SMILES string of the molecule is CCC1CCC(C(=O)N2CCCC2CNC)CC1.Cl. The molecule has 0 aromatic carbocycles. The van der Waals surface area contributed by atoms with Crippen LogP contribution < -0.4 is 5.32 Å². The van der Waals surface area contributed by atoms with Crippen LogP contribution in [0.25, 0.3) is 0 Å². The lowest BCUT2D eigenvalue weighted by Gasteiger charge is -2.32. The Kier molecular flexibility index (Phi) is 7.16. The van der Waals surface area contributed by atoms with Gasteiger partial charge in [-0.05, 0) is 51.5 Å². The molecule has 0 radical (unpaired) electrons. The summed E-state index contributed by atoms with van der Waals surface area (Å²) in [5, 5.41) is 3.22. The Bertz CT molecular complexity index is 277. The van der Waals surface area contributed by atoms with Crippen LogP contribution in [0.5, 0.6) is 0 Å². The molecule has 0 aromatic rings. The molecule has 1 saturated heterocycles. The Balaban J connectivity index is 0.00000180. The van der Waals surface area contributed by atoms with Gasteiger partial charge in [-0.25, -0.2) is 0 Å². The van der Waals surface area contributed by atoms with E-state index in [2.05, 4.69) is 17.1 Å². The molecule has 2 rings (SSSR count). The van der Waals surface area contributed by atoms with E-state index in [9.17, 15) is 4.79 Å². The molecule has 0 bridgehead atoms. The van der Waals surface area contributed by atoms with Crippen molar-refractivity contribution >= 4 is 18.3 Å². The second-order valence-corrected chi connectivity index (χ2v) is 6.01. The first-order chi connectivity index (χ1) is 8.76. The molecule has 1 N–H and O–H groups in total. The van der Waals surface area contributed by atoms with Crippen LogP contribution in [0.4, 0.5) is 0 Å². The highest BCUT2D eigenvalue weighted by Gasteiger charge is 2.34. The quantitative estimate of drug-likeness (QED) is 0.863. The van der Waals surface area contributed by atoms with Crippen molar-refractivity contribution in [3.05, 3.63) is 0 Å². The van der Waals surface area contributed by atoms with Gasteiger partial charge in [0.05, 0.1) is 0 Å². The fourth-order valence-corrected chi connectivity index (χ4v) is 3.63. The highest BCUT2D eigenvalue weighted by molar-refractivity contribution is 5.85. The van der Waals surface area contributed by atoms with E-state index in [1.165, 1.54) is 32.1 Å². The Morgan fingerprint density at radius 3 is 2.47 bits per heavy atom. The molecule has 1 amide bonds. The molecule has 2 fully saturated rings. The summed E-state index contributed by atoms with van der Waals surface area (Å²) < 4.78 is 0. The summed E-state index contributed by atoms with van der Waals surface area (Å²) in [5.74, 6) is 1.65. The van der Waals surface area contributed by atoms with Gasteiger partial charge < -0.3 is 10.2 Å². The first-order valence-corrected chi connectivity index (χ1v) is 7.71. The highest BCUT2D eigenvalue weighted by atomic mass is 35.5. The molecular formula is C15H29ClN2O. The van der Waals surface area contributed by atoms with E-state index in [1.807, 2.05) is 7.05 Å². The van der Waals surface area contributed by atoms with Gasteiger partial charge in [0.1, 0.15) is 0 Å². The van der Waals surface area contributed by atoms with Crippen molar-refractivity contribution in [1.82, 2.24) is 10.2 Å². The van der Waals surface area contributed by atoms with Crippen molar-refractivity contribution < 1.29 is 4.79 Å². The zero-order valence-corrected chi connectivity index (χ0v) is 13.2. The summed E-state index contributed by atoms with van der Waals surface area (Å²) in [5.41, 5.74) is 0. The van der Waals surface area contributed by atoms with E-state index in [1.54, 1.807) is 0 Å². The number of nitrogens with zero attached hydrogens (tertiary/aromatic N) is 1. The third kappa shape index (κ3) is 4.09. The van der Waals surface area contributed by atoms with Gasteiger partial charge >= 0.3 is 0 Å². The van der Waals surface area contributed by atoms with Crippen LogP contribution >= 0.6 is 12.4 Å². The summed E-state index contributed by atoms with van der Waals surface area (Å²) in [7, 11) is 1.98. The number of likely N-dealkylation sites (N-methyl/N-ethyl adjacent to an activating group) is 1. The maximum absolute atomic E-state index is 12.6. The summed E-state index contributed by atoms with van der Waals surface area (Å²) in [6.45, 7) is 4.21. The third-order valence-electron chi connectivity index (χ3n) is 4.87. The maximum atomic E-state index is 12.6. The lowest BCUT2D eigenvalue weighted by molar-refractivity contribution is -0.137. The van der Waals surface area contributed by atoms with E-state index in [-0.39, 0.29) is 12.4 Å². The molecule has 0 spiro atoms. The van der Waals surface area contributed by atoms with E-state index in [0.717, 1.165) is 31.8 Å². The summed E-state index contributed by atoms with van der Waals surface area (Å²) in [6, 6.07) is 0.450. The summed E-state index contributed by atoms with van der Waals surface area (Å²) in [4.78, 5) is 14.7. The van der Waals surface area contributed by atoms with Gasteiger partial charge in [-0.1, -0.05) is 13.3 Å². The predicted molar refractivity (Wildman–Crippen MR) is 81.6 cm³/mol. The number of carbonyl (C=O) groups is 1. The first-order valence-electron chi connectivity index (χ1n) is 7.71. The predicted octanol–water partition coefficient (Wildman–Crippen LogP) is 2.84. The molecule has 0 aromatic heterocycles. The molecule has 1 unspecified atom stereocenters. The number of hydrogen-bond donors (Lipinski definition) is 1. The number of carbonyl (C=O) groups excluding carboxylic acids is 1. The van der Waals surface area contributed by atoms with Crippen LogP contribution in [0, 0.1) is 11.8 Å². The summed E-state index contributed by atoms with van der Waals surface area (Å²) in [6.07, 6.45) is 8.42. The zero-order chi connectivity index (χ0) is 13.0. The van der Waals surface area contributed by atoms with Crippen molar-refractivity contribution in [2.75, 3.05) is 20.1 Å². The van der Waals surface area contributed by atoms with E-state index in [4.69, 9.17) is 0 Å². The maximum Gasteiger partial charge on any atom is 0.225 e. The molecule has 1 atom stereocenters. The van der Waals surface area contributed by atoms with E-state index < -0.39 is 0 Å². The standard InChI is InChI=1S/C15H28N2O.ClH/c1-3-12-6-8-13(9-7-12)15(18)17-10-4-5-14(17)11-16-2;/h12-14,16H,3-11H2,1-2H3;1H. The largest absolute Gasteiger partial charge is 0.338 e. The average molecular weight is 289 g/mol. The van der Waals surface area contributed by atoms with Crippen molar-refractivity contribution in [2.24, 2.45) is 11.8 Å². The van der Waals surface area contributed by atoms with Crippen LogP contribution in [0.3, 0.4) is 0 Å². The van der Waals surface area contributed by atoms with Gasteiger partial charge in [-0.2, -0.15) is 0 Å². The van der Waals surface area contributed by atoms with Gasteiger partial charge in [0.15, 0.2) is 0 Å². The molecule has 112 valence electrons. The fraction of sp³-hybridized carbons (Fsp3) is 0.933. The average Bonchev–Trinajstić information content (AvgIpc) is 2.87. The van der Waals surface area contributed by atoms with E-state index in [0.29, 0.717) is 17.9 Å². The second-order valence-electron chi connectivity index (χ2n) is 6.01. The van der Waals surface area contributed by atoms with Crippen molar-refractivity contribution in [3.8, 4) is 0 Å². The van der Waals surface area contributed by atoms with Crippen LogP contribution in [0.15, 0.2) is 0 Å². The van der Waals surface area contributed by atoms with Crippen LogP contribution in [0.1, 0.15) is 51.9 Å². The molecule has 1 saturated carbocycles. The molecule has 3 nitrogen and oxygen atoms in total. The Morgan fingerprint density at radius 1 is 1.21 bits per heavy atom. The fourth-order valence-electron chi connectivity index (χ4n) is 3.63. The van der Waals surface area contributed by atoms with Gasteiger partial charge in [0.25, 0.3) is 0 Å². The molecule has 4 heteroatoms. The minimum atomic E-state index is 0. The Hall–Kier alpha value is -0.280. The number of amides is 1. The topological polar surface area (TPSA) is 32.3 Å². The zero-order valence-electron chi connectivity index (χ0n) is 12.4. The van der Waals surface area contributed by atoms with E-state index >= 15 is 0 Å². The Morgan fingerprint density at radius 2 is 1.89 bits per heavy atom.